The minimum absolute atomic E-state index is 0.220. The Hall–Kier alpha value is -0.710. The number of nitrogens with two attached hydrogens (primary N) is 1. The standard InChI is InChI=1S/C15H14Br2FN/c1-9-3-2-4-12(15(9)17)14(19)8-10-7-11(16)5-6-13(10)18/h2-7,14H,8,19H2,1H3. The first kappa shape index (κ1) is 14.7. The Labute approximate surface area is 129 Å². The lowest BCUT2D eigenvalue weighted by Crippen LogP contribution is -2.15. The minimum Gasteiger partial charge on any atom is -0.324 e. The molecule has 1 atom stereocenters. The minimum atomic E-state index is -0.238. The van der Waals surface area contributed by atoms with Crippen LogP contribution in [0, 0.1) is 12.7 Å². The lowest BCUT2D eigenvalue weighted by Gasteiger charge is -2.16. The van der Waals surface area contributed by atoms with Gasteiger partial charge in [-0.2, -0.15) is 0 Å². The molecule has 2 N–H and O–H groups in total. The normalized spacial score (nSPS) is 12.5. The molecule has 19 heavy (non-hydrogen) atoms. The Balaban J connectivity index is 2.28. The van der Waals surface area contributed by atoms with Gasteiger partial charge in [0.2, 0.25) is 0 Å². The van der Waals surface area contributed by atoms with Crippen molar-refractivity contribution in [3.8, 4) is 0 Å². The quantitative estimate of drug-likeness (QED) is 0.797. The second-order valence-electron chi connectivity index (χ2n) is 4.52. The van der Waals surface area contributed by atoms with Crippen LogP contribution in [0.3, 0.4) is 0 Å². The highest BCUT2D eigenvalue weighted by Gasteiger charge is 2.14. The van der Waals surface area contributed by atoms with E-state index in [0.717, 1.165) is 20.1 Å². The molecule has 100 valence electrons. The lowest BCUT2D eigenvalue weighted by molar-refractivity contribution is 0.592. The van der Waals surface area contributed by atoms with Crippen molar-refractivity contribution in [2.75, 3.05) is 0 Å². The van der Waals surface area contributed by atoms with Crippen molar-refractivity contribution in [1.82, 2.24) is 0 Å². The maximum atomic E-state index is 13.7. The van der Waals surface area contributed by atoms with E-state index < -0.39 is 0 Å². The van der Waals surface area contributed by atoms with Crippen molar-refractivity contribution in [1.29, 1.82) is 0 Å². The Morgan fingerprint density at radius 3 is 2.68 bits per heavy atom. The van der Waals surface area contributed by atoms with E-state index in [-0.39, 0.29) is 11.9 Å². The van der Waals surface area contributed by atoms with Gasteiger partial charge in [0.1, 0.15) is 5.82 Å². The van der Waals surface area contributed by atoms with Crippen LogP contribution in [0.4, 0.5) is 4.39 Å². The third kappa shape index (κ3) is 3.44. The summed E-state index contributed by atoms with van der Waals surface area (Å²) in [5.41, 5.74) is 8.95. The monoisotopic (exact) mass is 385 g/mol. The molecular formula is C15H14Br2FN. The van der Waals surface area contributed by atoms with E-state index in [0.29, 0.717) is 12.0 Å². The van der Waals surface area contributed by atoms with Gasteiger partial charge < -0.3 is 5.73 Å². The summed E-state index contributed by atoms with van der Waals surface area (Å²) in [5, 5.41) is 0. The Morgan fingerprint density at radius 2 is 1.95 bits per heavy atom. The van der Waals surface area contributed by atoms with Crippen molar-refractivity contribution in [3.05, 3.63) is 67.9 Å². The van der Waals surface area contributed by atoms with Crippen LogP contribution in [-0.4, -0.2) is 0 Å². The zero-order chi connectivity index (χ0) is 14.0. The van der Waals surface area contributed by atoms with Gasteiger partial charge in [-0.05, 0) is 48.2 Å². The summed E-state index contributed by atoms with van der Waals surface area (Å²) in [6.07, 6.45) is 0.466. The lowest BCUT2D eigenvalue weighted by atomic mass is 9.98. The Morgan fingerprint density at radius 1 is 1.21 bits per heavy atom. The van der Waals surface area contributed by atoms with Gasteiger partial charge >= 0.3 is 0 Å². The molecule has 0 aliphatic heterocycles. The molecule has 0 aliphatic carbocycles. The van der Waals surface area contributed by atoms with Crippen molar-refractivity contribution in [2.45, 2.75) is 19.4 Å². The van der Waals surface area contributed by atoms with Crippen molar-refractivity contribution in [2.24, 2.45) is 5.73 Å². The molecule has 0 aromatic heterocycles. The number of aryl methyl sites for hydroxylation is 1. The SMILES string of the molecule is Cc1cccc(C(N)Cc2cc(Br)ccc2F)c1Br. The van der Waals surface area contributed by atoms with E-state index in [1.165, 1.54) is 6.07 Å². The summed E-state index contributed by atoms with van der Waals surface area (Å²) in [5.74, 6) is -0.220. The van der Waals surface area contributed by atoms with Crippen LogP contribution in [0.1, 0.15) is 22.7 Å². The highest BCUT2D eigenvalue weighted by atomic mass is 79.9. The molecular weight excluding hydrogens is 373 g/mol. The van der Waals surface area contributed by atoms with E-state index in [1.807, 2.05) is 25.1 Å². The molecule has 0 saturated carbocycles. The molecule has 0 fully saturated rings. The van der Waals surface area contributed by atoms with Crippen LogP contribution in [0.25, 0.3) is 0 Å². The van der Waals surface area contributed by atoms with Crippen LogP contribution in [0.15, 0.2) is 45.3 Å². The molecule has 2 aromatic carbocycles. The van der Waals surface area contributed by atoms with Gasteiger partial charge in [0.25, 0.3) is 0 Å². The number of halogens is 3. The van der Waals surface area contributed by atoms with Gasteiger partial charge in [0, 0.05) is 15.0 Å². The number of benzene rings is 2. The molecule has 0 amide bonds. The highest BCUT2D eigenvalue weighted by Crippen LogP contribution is 2.28. The van der Waals surface area contributed by atoms with Gasteiger partial charge in [-0.3, -0.25) is 0 Å². The van der Waals surface area contributed by atoms with E-state index in [2.05, 4.69) is 31.9 Å². The number of hydrogen-bond donors (Lipinski definition) is 1. The summed E-state index contributed by atoms with van der Waals surface area (Å²) >= 11 is 6.90. The van der Waals surface area contributed by atoms with Crippen LogP contribution in [0.5, 0.6) is 0 Å². The molecule has 0 radical (unpaired) electrons. The first-order chi connectivity index (χ1) is 8.99. The van der Waals surface area contributed by atoms with Gasteiger partial charge in [-0.1, -0.05) is 50.1 Å². The third-order valence-corrected chi connectivity index (χ3v) is 4.65. The largest absolute Gasteiger partial charge is 0.324 e. The van der Waals surface area contributed by atoms with Crippen LogP contribution in [-0.2, 0) is 6.42 Å². The predicted molar refractivity (Wildman–Crippen MR) is 83.6 cm³/mol. The maximum Gasteiger partial charge on any atom is 0.126 e. The molecule has 0 spiro atoms. The molecule has 0 aliphatic rings. The Kier molecular flexibility index (Phi) is 4.76. The fourth-order valence-corrected chi connectivity index (χ4v) is 2.97. The van der Waals surface area contributed by atoms with Gasteiger partial charge in [0.15, 0.2) is 0 Å². The number of hydrogen-bond acceptors (Lipinski definition) is 1. The molecule has 1 unspecified atom stereocenters. The van der Waals surface area contributed by atoms with Crippen LogP contribution in [0.2, 0.25) is 0 Å². The molecule has 0 heterocycles. The Bertz CT molecular complexity index is 599. The molecule has 2 rings (SSSR count). The molecule has 2 aromatic rings. The summed E-state index contributed by atoms with van der Waals surface area (Å²) in [6.45, 7) is 2.01. The molecule has 1 nitrogen and oxygen atoms in total. The number of rotatable bonds is 3. The average Bonchev–Trinajstić information content (AvgIpc) is 2.37. The maximum absolute atomic E-state index is 13.7. The van der Waals surface area contributed by atoms with Crippen LogP contribution < -0.4 is 5.73 Å². The third-order valence-electron chi connectivity index (χ3n) is 3.07. The zero-order valence-electron chi connectivity index (χ0n) is 10.5. The fraction of sp³-hybridized carbons (Fsp3) is 0.200. The molecule has 0 bridgehead atoms. The van der Waals surface area contributed by atoms with Gasteiger partial charge in [-0.25, -0.2) is 4.39 Å². The van der Waals surface area contributed by atoms with Crippen LogP contribution >= 0.6 is 31.9 Å². The van der Waals surface area contributed by atoms with E-state index >= 15 is 0 Å². The summed E-state index contributed by atoms with van der Waals surface area (Å²) in [6, 6.07) is 10.6. The summed E-state index contributed by atoms with van der Waals surface area (Å²) in [7, 11) is 0. The second-order valence-corrected chi connectivity index (χ2v) is 6.23. The summed E-state index contributed by atoms with van der Waals surface area (Å²) in [4.78, 5) is 0. The smallest absolute Gasteiger partial charge is 0.126 e. The van der Waals surface area contributed by atoms with Crippen molar-refractivity contribution in [3.63, 3.8) is 0 Å². The highest BCUT2D eigenvalue weighted by molar-refractivity contribution is 9.10. The van der Waals surface area contributed by atoms with Gasteiger partial charge in [-0.15, -0.1) is 0 Å². The topological polar surface area (TPSA) is 26.0 Å². The molecule has 0 saturated heterocycles. The first-order valence-electron chi connectivity index (χ1n) is 5.93. The molecule has 4 heteroatoms. The van der Waals surface area contributed by atoms with Crippen molar-refractivity contribution < 1.29 is 4.39 Å². The van der Waals surface area contributed by atoms with Crippen molar-refractivity contribution >= 4 is 31.9 Å². The van der Waals surface area contributed by atoms with E-state index in [1.54, 1.807) is 12.1 Å². The first-order valence-corrected chi connectivity index (χ1v) is 7.52. The average molecular weight is 387 g/mol. The zero-order valence-corrected chi connectivity index (χ0v) is 13.6. The van der Waals surface area contributed by atoms with E-state index in [9.17, 15) is 4.39 Å². The predicted octanol–water partition coefficient (Wildman–Crippen LogP) is 4.90. The second kappa shape index (κ2) is 6.16. The van der Waals surface area contributed by atoms with E-state index in [4.69, 9.17) is 5.73 Å². The summed E-state index contributed by atoms with van der Waals surface area (Å²) < 4.78 is 15.6. The van der Waals surface area contributed by atoms with Gasteiger partial charge in [0.05, 0.1) is 0 Å². The fourth-order valence-electron chi connectivity index (χ4n) is 2.00.